The lowest BCUT2D eigenvalue weighted by Crippen LogP contribution is -2.47. The quantitative estimate of drug-likeness (QED) is 0.362. The van der Waals surface area contributed by atoms with Crippen molar-refractivity contribution in [3.05, 3.63) is 53.4 Å². The van der Waals surface area contributed by atoms with Crippen LogP contribution in [0.25, 0.3) is 0 Å². The molecule has 4 atom stereocenters. The third-order valence-corrected chi connectivity index (χ3v) is 6.81. The Morgan fingerprint density at radius 1 is 1.25 bits per heavy atom. The van der Waals surface area contributed by atoms with Crippen LogP contribution in [-0.4, -0.2) is 41.9 Å². The lowest BCUT2D eigenvalue weighted by Gasteiger charge is -2.32. The number of nitrogens with zero attached hydrogens (tertiary/aromatic N) is 1. The fraction of sp³-hybridized carbons (Fsp3) is 0.500. The van der Waals surface area contributed by atoms with Crippen molar-refractivity contribution in [2.75, 3.05) is 12.4 Å². The van der Waals surface area contributed by atoms with Gasteiger partial charge in [-0.3, -0.25) is 20.6 Å². The number of carbonyl (C=O) groups is 1. The van der Waals surface area contributed by atoms with Crippen LogP contribution in [0.3, 0.4) is 0 Å². The minimum Gasteiger partial charge on any atom is -0.493 e. The van der Waals surface area contributed by atoms with E-state index in [1.165, 1.54) is 19.2 Å². The first-order chi connectivity index (χ1) is 17.0. The maximum atomic E-state index is 14.5. The Bertz CT molecular complexity index is 1130. The molecule has 1 saturated heterocycles. The van der Waals surface area contributed by atoms with Crippen molar-refractivity contribution in [2.45, 2.75) is 63.1 Å². The Morgan fingerprint density at radius 2 is 1.97 bits per heavy atom. The molecule has 1 aromatic heterocycles. The maximum Gasteiger partial charge on any atom is 0.417 e. The summed E-state index contributed by atoms with van der Waals surface area (Å²) in [5, 5.41) is 2.58. The van der Waals surface area contributed by atoms with Crippen molar-refractivity contribution in [1.82, 2.24) is 15.8 Å². The summed E-state index contributed by atoms with van der Waals surface area (Å²) >= 11 is 0. The lowest BCUT2D eigenvalue weighted by atomic mass is 9.77. The second-order valence-electron chi connectivity index (χ2n) is 9.24. The molecule has 1 saturated carbocycles. The number of methoxy groups -OCH3 is 1. The largest absolute Gasteiger partial charge is 0.493 e. The Morgan fingerprint density at radius 3 is 2.61 bits per heavy atom. The highest BCUT2D eigenvalue weighted by Gasteiger charge is 2.65. The number of hydrogen-bond acceptors (Lipinski definition) is 6. The molecule has 4 unspecified atom stereocenters. The van der Waals surface area contributed by atoms with Gasteiger partial charge in [0.15, 0.2) is 17.2 Å². The van der Waals surface area contributed by atoms with E-state index in [2.05, 4.69) is 21.2 Å². The summed E-state index contributed by atoms with van der Waals surface area (Å²) in [7, 11) is 1.07. The number of hydrazine groups is 1. The third-order valence-electron chi connectivity index (χ3n) is 6.81. The number of nitrogens with one attached hydrogen (secondary N) is 3. The van der Waals surface area contributed by atoms with Crippen molar-refractivity contribution in [2.24, 2.45) is 5.92 Å². The summed E-state index contributed by atoms with van der Waals surface area (Å²) in [6.07, 6.45) is -2.89. The van der Waals surface area contributed by atoms with Crippen LogP contribution >= 0.6 is 0 Å². The number of anilines is 1. The first kappa shape index (κ1) is 26.2. The van der Waals surface area contributed by atoms with Crippen molar-refractivity contribution >= 4 is 11.6 Å². The Labute approximate surface area is 204 Å². The van der Waals surface area contributed by atoms with Gasteiger partial charge in [-0.15, -0.1) is 0 Å². The van der Waals surface area contributed by atoms with E-state index in [0.29, 0.717) is 24.0 Å². The van der Waals surface area contributed by atoms with Crippen LogP contribution in [-0.2, 0) is 16.1 Å². The average Bonchev–Trinajstić information content (AvgIpc) is 3.60. The Kier molecular flexibility index (Phi) is 7.22. The van der Waals surface area contributed by atoms with Gasteiger partial charge < -0.3 is 14.8 Å². The van der Waals surface area contributed by atoms with Crippen LogP contribution in [0.15, 0.2) is 30.5 Å². The zero-order chi connectivity index (χ0) is 26.3. The molecule has 1 aliphatic carbocycles. The van der Waals surface area contributed by atoms with E-state index in [1.54, 1.807) is 6.07 Å². The predicted molar refractivity (Wildman–Crippen MR) is 120 cm³/mol. The van der Waals surface area contributed by atoms with E-state index in [0.717, 1.165) is 39.0 Å². The molecule has 0 radical (unpaired) electrons. The van der Waals surface area contributed by atoms with Gasteiger partial charge in [0.25, 0.3) is 5.91 Å². The highest BCUT2D eigenvalue weighted by Crippen LogP contribution is 2.55. The SMILES string of the molecule is COc1c(C2C(C(=O)Nc3ccnc(CNNC4CC4)c3)OC(C)(C(F)(F)F)C2C)ccc(F)c1F. The van der Waals surface area contributed by atoms with Crippen LogP contribution in [0.2, 0.25) is 0 Å². The van der Waals surface area contributed by atoms with E-state index in [4.69, 9.17) is 9.47 Å². The van der Waals surface area contributed by atoms with Gasteiger partial charge in [0.2, 0.25) is 5.82 Å². The minimum absolute atomic E-state index is 0.0946. The Hall–Kier alpha value is -2.83. The molecule has 1 aromatic carbocycles. The van der Waals surface area contributed by atoms with Crippen LogP contribution < -0.4 is 20.9 Å². The lowest BCUT2D eigenvalue weighted by molar-refractivity contribution is -0.272. The van der Waals surface area contributed by atoms with Crippen LogP contribution in [0, 0.1) is 17.6 Å². The van der Waals surface area contributed by atoms with Gasteiger partial charge in [-0.05, 0) is 38.0 Å². The fourth-order valence-electron chi connectivity index (χ4n) is 4.42. The van der Waals surface area contributed by atoms with E-state index in [-0.39, 0.29) is 5.56 Å². The van der Waals surface area contributed by atoms with Gasteiger partial charge in [0, 0.05) is 35.3 Å². The predicted octanol–water partition coefficient (Wildman–Crippen LogP) is 4.20. The summed E-state index contributed by atoms with van der Waals surface area (Å²) in [5.74, 6) is -6.64. The summed E-state index contributed by atoms with van der Waals surface area (Å²) in [6, 6.07) is 5.39. The molecular weight excluding hydrogens is 487 g/mol. The molecule has 7 nitrogen and oxygen atoms in total. The number of alkyl halides is 3. The molecule has 0 spiro atoms. The van der Waals surface area contributed by atoms with Gasteiger partial charge in [-0.1, -0.05) is 13.0 Å². The standard InChI is InChI=1S/C24H27F5N4O3/c1-12-18(16-6-7-17(25)19(26)20(16)35-3)21(36-23(12,2)24(27,28)29)22(34)32-14-8-9-30-15(10-14)11-31-33-13-4-5-13/h6-10,12-13,18,21,31,33H,4-5,11H2,1-3H3,(H,30,32,34). The highest BCUT2D eigenvalue weighted by atomic mass is 19.4. The molecule has 3 N–H and O–H groups in total. The van der Waals surface area contributed by atoms with Gasteiger partial charge >= 0.3 is 6.18 Å². The van der Waals surface area contributed by atoms with Crippen LogP contribution in [0.1, 0.15) is 43.9 Å². The monoisotopic (exact) mass is 514 g/mol. The van der Waals surface area contributed by atoms with Gasteiger partial charge in [-0.25, -0.2) is 4.39 Å². The van der Waals surface area contributed by atoms with Crippen molar-refractivity contribution in [1.29, 1.82) is 0 Å². The molecule has 196 valence electrons. The van der Waals surface area contributed by atoms with Gasteiger partial charge in [0.05, 0.1) is 19.3 Å². The zero-order valence-corrected chi connectivity index (χ0v) is 19.9. The fourth-order valence-corrected chi connectivity index (χ4v) is 4.42. The number of ether oxygens (including phenoxy) is 2. The van der Waals surface area contributed by atoms with Crippen LogP contribution in [0.5, 0.6) is 5.75 Å². The second kappa shape index (κ2) is 9.91. The maximum absolute atomic E-state index is 14.5. The molecule has 1 amide bonds. The van der Waals surface area contributed by atoms with Crippen molar-refractivity contribution < 1.29 is 36.2 Å². The molecule has 0 bridgehead atoms. The molecule has 2 aliphatic rings. The smallest absolute Gasteiger partial charge is 0.417 e. The number of hydrogen-bond donors (Lipinski definition) is 3. The van der Waals surface area contributed by atoms with E-state index in [9.17, 15) is 26.7 Å². The number of aromatic nitrogens is 1. The number of pyridine rings is 1. The van der Waals surface area contributed by atoms with Crippen molar-refractivity contribution in [3.8, 4) is 5.75 Å². The summed E-state index contributed by atoms with van der Waals surface area (Å²) in [4.78, 5) is 17.5. The molecule has 36 heavy (non-hydrogen) atoms. The number of amides is 1. The first-order valence-corrected chi connectivity index (χ1v) is 11.5. The highest BCUT2D eigenvalue weighted by molar-refractivity contribution is 5.95. The molecule has 1 aliphatic heterocycles. The normalized spacial score (nSPS) is 26.2. The molecule has 2 fully saturated rings. The molecule has 4 rings (SSSR count). The number of carbonyl (C=O) groups excluding carboxylic acids is 1. The number of benzene rings is 1. The minimum atomic E-state index is -4.84. The zero-order valence-electron chi connectivity index (χ0n) is 19.9. The Balaban J connectivity index is 1.62. The molecular formula is C24H27F5N4O3. The van der Waals surface area contributed by atoms with Gasteiger partial charge in [0.1, 0.15) is 6.10 Å². The van der Waals surface area contributed by atoms with Crippen molar-refractivity contribution in [3.63, 3.8) is 0 Å². The van der Waals surface area contributed by atoms with Gasteiger partial charge in [-0.2, -0.15) is 17.6 Å². The third kappa shape index (κ3) is 5.02. The van der Waals surface area contributed by atoms with E-state index >= 15 is 0 Å². The second-order valence-corrected chi connectivity index (χ2v) is 9.24. The molecule has 2 aromatic rings. The van der Waals surface area contributed by atoms with E-state index < -0.39 is 53.0 Å². The van der Waals surface area contributed by atoms with E-state index in [1.807, 2.05) is 0 Å². The van der Waals surface area contributed by atoms with Crippen LogP contribution in [0.4, 0.5) is 27.6 Å². The number of rotatable bonds is 8. The summed E-state index contributed by atoms with van der Waals surface area (Å²) in [6.45, 7) is 2.46. The topological polar surface area (TPSA) is 84.5 Å². The summed E-state index contributed by atoms with van der Waals surface area (Å²) < 4.78 is 80.8. The molecule has 12 heteroatoms. The average molecular weight is 514 g/mol. The number of halogens is 5. The molecule has 2 heterocycles. The summed E-state index contributed by atoms with van der Waals surface area (Å²) in [5.41, 5.74) is 4.20. The first-order valence-electron chi connectivity index (χ1n) is 11.5.